The van der Waals surface area contributed by atoms with E-state index in [0.717, 1.165) is 0 Å². The van der Waals surface area contributed by atoms with Crippen molar-refractivity contribution in [2.75, 3.05) is 32.8 Å². The lowest BCUT2D eigenvalue weighted by molar-refractivity contribution is -0.385. The van der Waals surface area contributed by atoms with E-state index in [2.05, 4.69) is 4.74 Å². The third-order valence-corrected chi connectivity index (χ3v) is 5.52. The predicted octanol–water partition coefficient (Wildman–Crippen LogP) is 2.66. The van der Waals surface area contributed by atoms with Gasteiger partial charge in [-0.2, -0.15) is 0 Å². The number of ether oxygens (including phenoxy) is 4. The number of nitrogens with zero attached hydrogens (tertiary/aromatic N) is 3. The summed E-state index contributed by atoms with van der Waals surface area (Å²) in [6, 6.07) is 9.18. The van der Waals surface area contributed by atoms with Crippen molar-refractivity contribution in [2.24, 2.45) is 0 Å². The third kappa shape index (κ3) is 5.60. The van der Waals surface area contributed by atoms with E-state index in [4.69, 9.17) is 14.2 Å². The molecule has 1 aliphatic heterocycles. The van der Waals surface area contributed by atoms with Gasteiger partial charge in [-0.25, -0.2) is 4.79 Å². The number of nitro benzene ring substituents is 1. The smallest absolute Gasteiger partial charge is 0.416 e. The lowest BCUT2D eigenvalue weighted by Gasteiger charge is -2.26. The molecule has 0 spiro atoms. The zero-order valence-electron chi connectivity index (χ0n) is 19.7. The van der Waals surface area contributed by atoms with Crippen LogP contribution in [0.4, 0.5) is 16.2 Å². The molecule has 0 radical (unpaired) electrons. The highest BCUT2D eigenvalue weighted by molar-refractivity contribution is 5.91. The molecule has 12 nitrogen and oxygen atoms in total. The number of carbonyl (C=O) groups excluding carboxylic acids is 3. The van der Waals surface area contributed by atoms with Crippen LogP contribution < -0.4 is 14.4 Å². The lowest BCUT2D eigenvalue weighted by atomic mass is 10.1. The Kier molecular flexibility index (Phi) is 7.74. The summed E-state index contributed by atoms with van der Waals surface area (Å²) in [5, 5.41) is 11.6. The number of carbonyl (C=O) groups is 3. The van der Waals surface area contributed by atoms with Crippen LogP contribution >= 0.6 is 0 Å². The summed E-state index contributed by atoms with van der Waals surface area (Å²) in [5.41, 5.74) is 0.673. The second-order valence-electron chi connectivity index (χ2n) is 7.60. The topological polar surface area (TPSA) is 138 Å². The molecule has 1 fully saturated rings. The van der Waals surface area contributed by atoms with Crippen LogP contribution in [0, 0.1) is 10.1 Å². The average molecular weight is 487 g/mol. The van der Waals surface area contributed by atoms with Gasteiger partial charge in [-0.05, 0) is 24.3 Å². The zero-order valence-corrected chi connectivity index (χ0v) is 19.7. The van der Waals surface area contributed by atoms with Gasteiger partial charge in [0.25, 0.3) is 5.69 Å². The fourth-order valence-corrected chi connectivity index (χ4v) is 3.67. The minimum atomic E-state index is -0.944. The molecule has 1 aliphatic rings. The standard InChI is InChI=1S/C23H25N3O9/c1-14(27)24(12-16-6-8-18(32-2)11-20(16)33-3)21-13-25(23(29)35-21)17-7-5-15(9-22(28)34-4)19(10-17)26(30)31/h5-8,10-11,21H,9,12-13H2,1-4H3/t21-/m1/s1. The van der Waals surface area contributed by atoms with Gasteiger partial charge in [-0.1, -0.05) is 0 Å². The quantitative estimate of drug-likeness (QED) is 0.297. The maximum absolute atomic E-state index is 12.6. The minimum Gasteiger partial charge on any atom is -0.497 e. The Morgan fingerprint density at radius 3 is 2.46 bits per heavy atom. The minimum absolute atomic E-state index is 0.0512. The first-order valence-corrected chi connectivity index (χ1v) is 10.5. The van der Waals surface area contributed by atoms with E-state index < -0.39 is 23.2 Å². The van der Waals surface area contributed by atoms with Gasteiger partial charge in [0.2, 0.25) is 5.91 Å². The van der Waals surface area contributed by atoms with Gasteiger partial charge in [0.05, 0.1) is 51.5 Å². The second kappa shape index (κ2) is 10.7. The number of methoxy groups -OCH3 is 3. The fourth-order valence-electron chi connectivity index (χ4n) is 3.67. The number of cyclic esters (lactones) is 1. The zero-order chi connectivity index (χ0) is 25.7. The summed E-state index contributed by atoms with van der Waals surface area (Å²) in [6.45, 7) is 1.38. The number of amides is 2. The summed E-state index contributed by atoms with van der Waals surface area (Å²) in [5.74, 6) is 0.0961. The molecule has 0 bridgehead atoms. The van der Waals surface area contributed by atoms with Gasteiger partial charge in [-0.3, -0.25) is 24.6 Å². The normalized spacial score (nSPS) is 14.8. The molecule has 0 aliphatic carbocycles. The van der Waals surface area contributed by atoms with E-state index in [-0.39, 0.29) is 42.4 Å². The fraction of sp³-hybridized carbons (Fsp3) is 0.348. The summed E-state index contributed by atoms with van der Waals surface area (Å²) >= 11 is 0. The highest BCUT2D eigenvalue weighted by Crippen LogP contribution is 2.31. The van der Waals surface area contributed by atoms with Crippen molar-refractivity contribution in [3.8, 4) is 11.5 Å². The van der Waals surface area contributed by atoms with Crippen LogP contribution in [0.2, 0.25) is 0 Å². The molecule has 2 amide bonds. The highest BCUT2D eigenvalue weighted by Gasteiger charge is 2.38. The highest BCUT2D eigenvalue weighted by atomic mass is 16.6. The number of nitro groups is 1. The van der Waals surface area contributed by atoms with Crippen LogP contribution in [0.5, 0.6) is 11.5 Å². The molecule has 2 aromatic carbocycles. The first-order chi connectivity index (χ1) is 16.7. The molecule has 3 rings (SSSR count). The molecular weight excluding hydrogens is 462 g/mol. The van der Waals surface area contributed by atoms with Gasteiger partial charge in [0.15, 0.2) is 6.23 Å². The van der Waals surface area contributed by atoms with Gasteiger partial charge in [0.1, 0.15) is 11.5 Å². The van der Waals surface area contributed by atoms with Crippen LogP contribution in [0.15, 0.2) is 36.4 Å². The SMILES string of the molecule is COC(=O)Cc1ccc(N2C[C@H](N(Cc3ccc(OC)cc3OC)C(C)=O)OC2=O)cc1[N+](=O)[O-]. The Morgan fingerprint density at radius 2 is 1.86 bits per heavy atom. The molecule has 0 N–H and O–H groups in total. The van der Waals surface area contributed by atoms with E-state index in [9.17, 15) is 24.5 Å². The predicted molar refractivity (Wildman–Crippen MR) is 122 cm³/mol. The van der Waals surface area contributed by atoms with E-state index in [0.29, 0.717) is 17.1 Å². The van der Waals surface area contributed by atoms with Gasteiger partial charge in [-0.15, -0.1) is 0 Å². The summed E-state index contributed by atoms with van der Waals surface area (Å²) < 4.78 is 20.6. The Hall–Kier alpha value is -4.35. The molecular formula is C23H25N3O9. The van der Waals surface area contributed by atoms with Crippen LogP contribution in [0.3, 0.4) is 0 Å². The molecule has 35 heavy (non-hydrogen) atoms. The van der Waals surface area contributed by atoms with Crippen LogP contribution in [0.1, 0.15) is 18.1 Å². The van der Waals surface area contributed by atoms with E-state index in [1.165, 1.54) is 56.3 Å². The first kappa shape index (κ1) is 25.3. The number of anilines is 1. The maximum atomic E-state index is 12.6. The lowest BCUT2D eigenvalue weighted by Crippen LogP contribution is -2.41. The van der Waals surface area contributed by atoms with E-state index in [1.807, 2.05) is 0 Å². The van der Waals surface area contributed by atoms with Crippen molar-refractivity contribution >= 4 is 29.3 Å². The van der Waals surface area contributed by atoms with Crippen LogP contribution in [-0.4, -0.2) is 61.9 Å². The Morgan fingerprint density at radius 1 is 1.14 bits per heavy atom. The average Bonchev–Trinajstić information content (AvgIpc) is 3.23. The van der Waals surface area contributed by atoms with Crippen molar-refractivity contribution in [3.63, 3.8) is 0 Å². The van der Waals surface area contributed by atoms with Gasteiger partial charge >= 0.3 is 12.1 Å². The van der Waals surface area contributed by atoms with Gasteiger partial charge < -0.3 is 23.8 Å². The van der Waals surface area contributed by atoms with Crippen molar-refractivity contribution in [1.82, 2.24) is 4.90 Å². The Labute approximate surface area is 201 Å². The molecule has 0 saturated carbocycles. The van der Waals surface area contributed by atoms with Crippen molar-refractivity contribution in [1.29, 1.82) is 0 Å². The third-order valence-electron chi connectivity index (χ3n) is 5.52. The van der Waals surface area contributed by atoms with Crippen LogP contribution in [0.25, 0.3) is 0 Å². The second-order valence-corrected chi connectivity index (χ2v) is 7.60. The number of hydrogen-bond acceptors (Lipinski definition) is 9. The first-order valence-electron chi connectivity index (χ1n) is 10.5. The molecule has 1 saturated heterocycles. The molecule has 0 aromatic heterocycles. The molecule has 186 valence electrons. The number of esters is 1. The Bertz CT molecular complexity index is 1150. The Balaban J connectivity index is 1.85. The van der Waals surface area contributed by atoms with Crippen LogP contribution in [-0.2, 0) is 32.0 Å². The number of hydrogen-bond donors (Lipinski definition) is 0. The molecule has 1 heterocycles. The largest absolute Gasteiger partial charge is 0.497 e. The summed E-state index contributed by atoms with van der Waals surface area (Å²) in [4.78, 5) is 50.1. The van der Waals surface area contributed by atoms with Crippen molar-refractivity contribution in [3.05, 3.63) is 57.6 Å². The molecule has 12 heteroatoms. The van der Waals surface area contributed by atoms with E-state index in [1.54, 1.807) is 18.2 Å². The van der Waals surface area contributed by atoms with Crippen molar-refractivity contribution < 1.29 is 38.3 Å². The van der Waals surface area contributed by atoms with Crippen molar-refractivity contribution in [2.45, 2.75) is 26.1 Å². The number of benzene rings is 2. The molecule has 1 atom stereocenters. The van der Waals surface area contributed by atoms with E-state index >= 15 is 0 Å². The maximum Gasteiger partial charge on any atom is 0.416 e. The monoisotopic (exact) mass is 487 g/mol. The summed E-state index contributed by atoms with van der Waals surface area (Å²) in [6.07, 6.45) is -2.00. The number of rotatable bonds is 9. The molecule has 2 aromatic rings. The van der Waals surface area contributed by atoms with Gasteiger partial charge in [0, 0.05) is 30.2 Å². The summed E-state index contributed by atoms with van der Waals surface area (Å²) in [7, 11) is 4.20. The molecule has 0 unspecified atom stereocenters.